The number of hydrogen-bond acceptors (Lipinski definition) is 5. The van der Waals surface area contributed by atoms with Crippen LogP contribution in [0.1, 0.15) is 35.2 Å². The fraction of sp³-hybridized carbons (Fsp3) is 0.143. The molecule has 3 amide bonds. The summed E-state index contributed by atoms with van der Waals surface area (Å²) in [4.78, 5) is 45.9. The number of hydrogen-bond donors (Lipinski definition) is 1. The first-order chi connectivity index (χ1) is 20.9. The van der Waals surface area contributed by atoms with Crippen LogP contribution in [0.2, 0.25) is 0 Å². The van der Waals surface area contributed by atoms with Gasteiger partial charge in [0.15, 0.2) is 5.17 Å². The third-order valence-corrected chi connectivity index (χ3v) is 7.58. The van der Waals surface area contributed by atoms with E-state index in [9.17, 15) is 14.4 Å². The number of ether oxygens (including phenoxy) is 1. The Morgan fingerprint density at radius 1 is 1.05 bits per heavy atom. The van der Waals surface area contributed by atoms with Crippen molar-refractivity contribution in [2.75, 3.05) is 12.9 Å². The molecule has 7 nitrogen and oxygen atoms in total. The van der Waals surface area contributed by atoms with Crippen LogP contribution in [-0.4, -0.2) is 40.7 Å². The van der Waals surface area contributed by atoms with Gasteiger partial charge in [0.2, 0.25) is 5.91 Å². The molecule has 1 aliphatic heterocycles. The topological polar surface area (TPSA) is 88.1 Å². The van der Waals surface area contributed by atoms with Crippen LogP contribution < -0.4 is 10.1 Å². The summed E-state index contributed by atoms with van der Waals surface area (Å²) in [5, 5.41) is 3.21. The molecule has 1 heterocycles. The third kappa shape index (κ3) is 7.67. The second-order valence-corrected chi connectivity index (χ2v) is 10.5. The van der Waals surface area contributed by atoms with Crippen LogP contribution in [0.25, 0.3) is 6.08 Å². The summed E-state index contributed by atoms with van der Waals surface area (Å²) < 4.78 is 5.32. The lowest BCUT2D eigenvalue weighted by Crippen LogP contribution is -2.42. The summed E-state index contributed by atoms with van der Waals surface area (Å²) in [5.41, 5.74) is 3.80. The standard InChI is InChI=1S/C35H33N3O4S/c1-5-7-18-28(6-2)38-34(41)29(22-25-19-20-30(42-4)24(3)21-25)33(40)37-35(38)43-23-31(39)36-32(26-14-10-8-11-15-26)27-16-12-9-13-17-27/h5-22,32H,1,23H2,2-4H3,(H,36,39)/b18-7-,28-6+,29-22+. The van der Waals surface area contributed by atoms with Crippen molar-refractivity contribution in [2.24, 2.45) is 4.99 Å². The van der Waals surface area contributed by atoms with Crippen LogP contribution in [0.5, 0.6) is 5.75 Å². The van der Waals surface area contributed by atoms with Gasteiger partial charge in [0, 0.05) is 5.70 Å². The Morgan fingerprint density at radius 2 is 1.70 bits per heavy atom. The minimum atomic E-state index is -0.674. The number of nitrogens with zero attached hydrogens (tertiary/aromatic N) is 2. The molecular formula is C35H33N3O4S. The Bertz CT molecular complexity index is 1590. The number of carbonyl (C=O) groups is 3. The van der Waals surface area contributed by atoms with Crippen LogP contribution in [0.15, 0.2) is 126 Å². The van der Waals surface area contributed by atoms with E-state index in [-0.39, 0.29) is 28.4 Å². The molecule has 3 aromatic rings. The summed E-state index contributed by atoms with van der Waals surface area (Å²) in [6.07, 6.45) is 8.24. The number of carbonyl (C=O) groups excluding carboxylic acids is 3. The second-order valence-electron chi connectivity index (χ2n) is 9.55. The molecule has 3 aromatic carbocycles. The van der Waals surface area contributed by atoms with Crippen molar-refractivity contribution >= 4 is 40.7 Å². The van der Waals surface area contributed by atoms with Crippen molar-refractivity contribution in [2.45, 2.75) is 19.9 Å². The fourth-order valence-electron chi connectivity index (χ4n) is 4.55. The summed E-state index contributed by atoms with van der Waals surface area (Å²) in [6, 6.07) is 24.4. The number of nitrogens with one attached hydrogen (secondary N) is 1. The highest BCUT2D eigenvalue weighted by molar-refractivity contribution is 8.14. The maximum atomic E-state index is 13.8. The third-order valence-electron chi connectivity index (χ3n) is 6.64. The fourth-order valence-corrected chi connectivity index (χ4v) is 5.36. The van der Waals surface area contributed by atoms with E-state index in [1.54, 1.807) is 50.5 Å². The maximum absolute atomic E-state index is 13.8. The lowest BCUT2D eigenvalue weighted by molar-refractivity contribution is -0.126. The molecule has 43 heavy (non-hydrogen) atoms. The average molecular weight is 592 g/mol. The van der Waals surface area contributed by atoms with E-state index in [1.807, 2.05) is 73.7 Å². The van der Waals surface area contributed by atoms with Crippen LogP contribution >= 0.6 is 11.8 Å². The summed E-state index contributed by atoms with van der Waals surface area (Å²) >= 11 is 1.02. The van der Waals surface area contributed by atoms with Gasteiger partial charge in [-0.05, 0) is 60.4 Å². The normalized spacial score (nSPS) is 14.8. The molecule has 0 unspecified atom stereocenters. The number of rotatable bonds is 10. The van der Waals surface area contributed by atoms with Gasteiger partial charge < -0.3 is 10.1 Å². The molecule has 0 radical (unpaired) electrons. The molecule has 0 atom stereocenters. The van der Waals surface area contributed by atoms with Gasteiger partial charge >= 0.3 is 0 Å². The lowest BCUT2D eigenvalue weighted by Gasteiger charge is -2.28. The number of aliphatic imine (C=N–C) groups is 1. The number of benzene rings is 3. The van der Waals surface area contributed by atoms with Gasteiger partial charge in [-0.15, -0.1) is 0 Å². The summed E-state index contributed by atoms with van der Waals surface area (Å²) in [5.74, 6) is -0.848. The minimum absolute atomic E-state index is 0.0645. The first-order valence-electron chi connectivity index (χ1n) is 13.7. The van der Waals surface area contributed by atoms with Gasteiger partial charge in [0.1, 0.15) is 11.3 Å². The molecule has 0 spiro atoms. The second kappa shape index (κ2) is 14.8. The molecule has 0 saturated carbocycles. The van der Waals surface area contributed by atoms with Gasteiger partial charge in [-0.1, -0.05) is 103 Å². The van der Waals surface area contributed by atoms with Crippen molar-refractivity contribution in [3.05, 3.63) is 143 Å². The van der Waals surface area contributed by atoms with Gasteiger partial charge in [-0.2, -0.15) is 4.99 Å². The SMILES string of the molecule is C=C/C=C\C(=C/C)N1C(=O)/C(=C/c2ccc(OC)c(C)c2)C(=O)N=C1SCC(=O)NC(c1ccccc1)c1ccccc1. The largest absolute Gasteiger partial charge is 0.496 e. The zero-order chi connectivity index (χ0) is 30.8. The van der Waals surface area contributed by atoms with Crippen molar-refractivity contribution in [3.63, 3.8) is 0 Å². The molecule has 0 saturated heterocycles. The predicted molar refractivity (Wildman–Crippen MR) is 173 cm³/mol. The predicted octanol–water partition coefficient (Wildman–Crippen LogP) is 6.40. The molecule has 8 heteroatoms. The molecule has 0 bridgehead atoms. The highest BCUT2D eigenvalue weighted by Crippen LogP contribution is 2.28. The van der Waals surface area contributed by atoms with Crippen LogP contribution in [0, 0.1) is 6.92 Å². The Balaban J connectivity index is 1.62. The number of amidine groups is 1. The Morgan fingerprint density at radius 3 is 2.26 bits per heavy atom. The van der Waals surface area contributed by atoms with E-state index >= 15 is 0 Å². The maximum Gasteiger partial charge on any atom is 0.285 e. The van der Waals surface area contributed by atoms with E-state index < -0.39 is 11.8 Å². The number of aryl methyl sites for hydroxylation is 1. The van der Waals surface area contributed by atoms with Crippen molar-refractivity contribution in [1.29, 1.82) is 0 Å². The highest BCUT2D eigenvalue weighted by Gasteiger charge is 2.35. The number of amides is 3. The molecule has 218 valence electrons. The Kier molecular flexibility index (Phi) is 10.7. The van der Waals surface area contributed by atoms with Crippen LogP contribution in [0.4, 0.5) is 0 Å². The van der Waals surface area contributed by atoms with Gasteiger partial charge in [0.25, 0.3) is 11.8 Å². The van der Waals surface area contributed by atoms with Crippen LogP contribution in [0.3, 0.4) is 0 Å². The minimum Gasteiger partial charge on any atom is -0.496 e. The Hall–Kier alpha value is -4.95. The smallest absolute Gasteiger partial charge is 0.285 e. The van der Waals surface area contributed by atoms with Gasteiger partial charge in [-0.3, -0.25) is 19.3 Å². The lowest BCUT2D eigenvalue weighted by atomic mass is 9.99. The first-order valence-corrected chi connectivity index (χ1v) is 14.7. The molecule has 0 aliphatic carbocycles. The zero-order valence-electron chi connectivity index (χ0n) is 24.3. The van der Waals surface area contributed by atoms with Crippen molar-refractivity contribution in [1.82, 2.24) is 10.2 Å². The van der Waals surface area contributed by atoms with E-state index in [1.165, 1.54) is 11.0 Å². The van der Waals surface area contributed by atoms with Gasteiger partial charge in [0.05, 0.1) is 18.9 Å². The summed E-state index contributed by atoms with van der Waals surface area (Å²) in [6.45, 7) is 7.37. The monoisotopic (exact) mass is 591 g/mol. The van der Waals surface area contributed by atoms with Crippen molar-refractivity contribution in [3.8, 4) is 5.75 Å². The number of methoxy groups -OCH3 is 1. The molecular weight excluding hydrogens is 558 g/mol. The first kappa shape index (κ1) is 31.0. The average Bonchev–Trinajstić information content (AvgIpc) is 3.03. The van der Waals surface area contributed by atoms with E-state index in [0.29, 0.717) is 17.0 Å². The molecule has 1 N–H and O–H groups in total. The number of allylic oxidation sites excluding steroid dienone is 4. The van der Waals surface area contributed by atoms with Gasteiger partial charge in [-0.25, -0.2) is 0 Å². The highest BCUT2D eigenvalue weighted by atomic mass is 32.2. The molecule has 0 fully saturated rings. The van der Waals surface area contributed by atoms with Crippen molar-refractivity contribution < 1.29 is 19.1 Å². The zero-order valence-corrected chi connectivity index (χ0v) is 25.1. The summed E-state index contributed by atoms with van der Waals surface area (Å²) in [7, 11) is 1.58. The quantitative estimate of drug-likeness (QED) is 0.168. The number of thioether (sulfide) groups is 1. The Labute approximate surface area is 256 Å². The molecule has 4 rings (SSSR count). The molecule has 1 aliphatic rings. The van der Waals surface area contributed by atoms with E-state index in [2.05, 4.69) is 16.9 Å². The van der Waals surface area contributed by atoms with E-state index in [0.717, 1.165) is 28.5 Å². The molecule has 0 aromatic heterocycles. The van der Waals surface area contributed by atoms with E-state index in [4.69, 9.17) is 4.74 Å². The van der Waals surface area contributed by atoms with Crippen LogP contribution in [-0.2, 0) is 14.4 Å².